The van der Waals surface area contributed by atoms with Crippen LogP contribution < -0.4 is 10.6 Å². The topological polar surface area (TPSA) is 116 Å². The van der Waals surface area contributed by atoms with E-state index in [9.17, 15) is 14.4 Å². The van der Waals surface area contributed by atoms with Crippen LogP contribution >= 0.6 is 22.6 Å². The number of amides is 2. The molecular formula is C14H17IN2O5. The Bertz CT molecular complexity index is 550. The highest BCUT2D eigenvalue weighted by Gasteiger charge is 2.20. The molecule has 2 amide bonds. The van der Waals surface area contributed by atoms with Crippen LogP contribution in [0.5, 0.6) is 0 Å². The number of urea groups is 1. The Hall–Kier alpha value is -1.84. The van der Waals surface area contributed by atoms with Crippen molar-refractivity contribution in [3.8, 4) is 0 Å². The van der Waals surface area contributed by atoms with Crippen molar-refractivity contribution < 1.29 is 24.6 Å². The number of carboxylic acid groups (broad SMARTS) is 2. The lowest BCUT2D eigenvalue weighted by Crippen LogP contribution is -2.46. The van der Waals surface area contributed by atoms with Gasteiger partial charge in [0.05, 0.1) is 0 Å². The molecule has 0 heterocycles. The third kappa shape index (κ3) is 7.25. The molecule has 4 N–H and O–H groups in total. The summed E-state index contributed by atoms with van der Waals surface area (Å²) in [6.45, 7) is 0.358. The summed E-state index contributed by atoms with van der Waals surface area (Å²) in [7, 11) is 0. The number of carboxylic acids is 2. The molecule has 0 fully saturated rings. The third-order valence-corrected chi connectivity index (χ3v) is 3.51. The molecule has 1 aromatic rings. The van der Waals surface area contributed by atoms with Crippen molar-refractivity contribution in [1.82, 2.24) is 10.6 Å². The summed E-state index contributed by atoms with van der Waals surface area (Å²) >= 11 is 2.20. The molecular weight excluding hydrogens is 403 g/mol. The van der Waals surface area contributed by atoms with Crippen molar-refractivity contribution in [2.45, 2.75) is 25.3 Å². The summed E-state index contributed by atoms with van der Waals surface area (Å²) in [5.41, 5.74) is 1.06. The molecule has 0 radical (unpaired) electrons. The number of carbonyl (C=O) groups excluding carboxylic acids is 1. The second-order valence-electron chi connectivity index (χ2n) is 4.60. The van der Waals surface area contributed by atoms with Gasteiger partial charge >= 0.3 is 18.0 Å². The van der Waals surface area contributed by atoms with Crippen LogP contribution in [0.25, 0.3) is 0 Å². The van der Waals surface area contributed by atoms with Gasteiger partial charge in [0.1, 0.15) is 6.04 Å². The first-order valence-electron chi connectivity index (χ1n) is 6.62. The predicted molar refractivity (Wildman–Crippen MR) is 87.7 cm³/mol. The van der Waals surface area contributed by atoms with E-state index < -0.39 is 24.0 Å². The Morgan fingerprint density at radius 1 is 1.23 bits per heavy atom. The number of hydrogen-bond donors (Lipinski definition) is 4. The minimum absolute atomic E-state index is 0.158. The van der Waals surface area contributed by atoms with E-state index in [0.29, 0.717) is 13.0 Å². The first-order chi connectivity index (χ1) is 10.4. The lowest BCUT2D eigenvalue weighted by Gasteiger charge is -2.14. The van der Waals surface area contributed by atoms with Crippen LogP contribution in [0, 0.1) is 3.57 Å². The van der Waals surface area contributed by atoms with Crippen molar-refractivity contribution in [3.63, 3.8) is 0 Å². The minimum atomic E-state index is -1.26. The zero-order chi connectivity index (χ0) is 16.5. The molecule has 0 aliphatic carbocycles. The highest BCUT2D eigenvalue weighted by molar-refractivity contribution is 14.1. The van der Waals surface area contributed by atoms with Gasteiger partial charge in [0.25, 0.3) is 0 Å². The van der Waals surface area contributed by atoms with E-state index in [0.717, 1.165) is 9.13 Å². The summed E-state index contributed by atoms with van der Waals surface area (Å²) in [5, 5.41) is 22.3. The number of halogens is 1. The van der Waals surface area contributed by atoms with Gasteiger partial charge in [0.2, 0.25) is 0 Å². The van der Waals surface area contributed by atoms with Gasteiger partial charge < -0.3 is 20.8 Å². The quantitative estimate of drug-likeness (QED) is 0.476. The van der Waals surface area contributed by atoms with Crippen LogP contribution in [0.4, 0.5) is 4.79 Å². The third-order valence-electron chi connectivity index (χ3n) is 2.84. The van der Waals surface area contributed by atoms with E-state index in [4.69, 9.17) is 10.2 Å². The van der Waals surface area contributed by atoms with Crippen LogP contribution in [-0.2, 0) is 16.0 Å². The number of carbonyl (C=O) groups is 3. The van der Waals surface area contributed by atoms with Gasteiger partial charge in [-0.05, 0) is 53.1 Å². The highest BCUT2D eigenvalue weighted by atomic mass is 127. The Morgan fingerprint density at radius 2 is 1.95 bits per heavy atom. The van der Waals surface area contributed by atoms with E-state index in [1.807, 2.05) is 24.3 Å². The molecule has 0 aromatic heterocycles. The molecule has 1 aromatic carbocycles. The largest absolute Gasteiger partial charge is 0.481 e. The molecule has 0 unspecified atom stereocenters. The molecule has 0 aliphatic rings. The smallest absolute Gasteiger partial charge is 0.326 e. The van der Waals surface area contributed by atoms with Gasteiger partial charge in [-0.3, -0.25) is 4.79 Å². The SMILES string of the molecule is O=C(O)CC[C@H](NC(=O)NCCc1cccc(I)c1)C(=O)O. The van der Waals surface area contributed by atoms with E-state index in [-0.39, 0.29) is 12.8 Å². The van der Waals surface area contributed by atoms with Crippen LogP contribution in [-0.4, -0.2) is 40.8 Å². The van der Waals surface area contributed by atoms with E-state index in [1.165, 1.54) is 0 Å². The number of benzene rings is 1. The van der Waals surface area contributed by atoms with Crippen LogP contribution in [0.15, 0.2) is 24.3 Å². The zero-order valence-corrected chi connectivity index (χ0v) is 13.9. The molecule has 22 heavy (non-hydrogen) atoms. The standard InChI is InChI=1S/C14H17IN2O5/c15-10-3-1-2-9(8-10)6-7-16-14(22)17-11(13(20)21)4-5-12(18)19/h1-3,8,11H,4-7H2,(H,18,19)(H,20,21)(H2,16,17,22)/t11-/m0/s1. The van der Waals surface area contributed by atoms with E-state index in [2.05, 4.69) is 33.2 Å². The molecule has 0 bridgehead atoms. The average Bonchev–Trinajstić information content (AvgIpc) is 2.43. The van der Waals surface area contributed by atoms with Crippen LogP contribution in [0.3, 0.4) is 0 Å². The lowest BCUT2D eigenvalue weighted by atomic mass is 10.1. The number of rotatable bonds is 8. The predicted octanol–water partition coefficient (Wildman–Crippen LogP) is 1.45. The van der Waals surface area contributed by atoms with Crippen LogP contribution in [0.1, 0.15) is 18.4 Å². The molecule has 0 saturated carbocycles. The zero-order valence-electron chi connectivity index (χ0n) is 11.7. The van der Waals surface area contributed by atoms with Gasteiger partial charge in [-0.15, -0.1) is 0 Å². The summed E-state index contributed by atoms with van der Waals surface area (Å²) in [6, 6.07) is 5.98. The second-order valence-corrected chi connectivity index (χ2v) is 5.85. The minimum Gasteiger partial charge on any atom is -0.481 e. The maximum atomic E-state index is 11.6. The first kappa shape index (κ1) is 18.2. The highest BCUT2D eigenvalue weighted by Crippen LogP contribution is 2.07. The Balaban J connectivity index is 2.37. The molecule has 7 nitrogen and oxygen atoms in total. The van der Waals surface area contributed by atoms with Gasteiger partial charge in [-0.25, -0.2) is 9.59 Å². The van der Waals surface area contributed by atoms with E-state index in [1.54, 1.807) is 0 Å². The van der Waals surface area contributed by atoms with Crippen molar-refractivity contribution in [1.29, 1.82) is 0 Å². The average molecular weight is 420 g/mol. The van der Waals surface area contributed by atoms with Crippen molar-refractivity contribution >= 4 is 40.6 Å². The maximum absolute atomic E-state index is 11.6. The van der Waals surface area contributed by atoms with Crippen molar-refractivity contribution in [2.75, 3.05) is 6.54 Å². The monoisotopic (exact) mass is 420 g/mol. The Morgan fingerprint density at radius 3 is 2.55 bits per heavy atom. The van der Waals surface area contributed by atoms with E-state index >= 15 is 0 Å². The fourth-order valence-electron chi connectivity index (χ4n) is 1.75. The second kappa shape index (κ2) is 9.23. The van der Waals surface area contributed by atoms with Crippen LogP contribution in [0.2, 0.25) is 0 Å². The normalized spacial score (nSPS) is 11.5. The number of hydrogen-bond acceptors (Lipinski definition) is 3. The maximum Gasteiger partial charge on any atom is 0.326 e. The molecule has 0 spiro atoms. The summed E-state index contributed by atoms with van der Waals surface area (Å²) in [6.07, 6.45) is 0.145. The molecule has 1 atom stereocenters. The number of aliphatic carboxylic acids is 2. The Kier molecular flexibility index (Phi) is 7.64. The van der Waals surface area contributed by atoms with Gasteiger partial charge in [-0.2, -0.15) is 0 Å². The molecule has 8 heteroatoms. The fraction of sp³-hybridized carbons (Fsp3) is 0.357. The summed E-state index contributed by atoms with van der Waals surface area (Å²) in [5.74, 6) is -2.36. The van der Waals surface area contributed by atoms with Gasteiger partial charge in [-0.1, -0.05) is 12.1 Å². The Labute approximate surface area is 141 Å². The van der Waals surface area contributed by atoms with Crippen molar-refractivity contribution in [2.24, 2.45) is 0 Å². The summed E-state index contributed by atoms with van der Waals surface area (Å²) < 4.78 is 1.10. The number of nitrogens with one attached hydrogen (secondary N) is 2. The molecule has 0 saturated heterocycles. The van der Waals surface area contributed by atoms with Gasteiger partial charge in [0.15, 0.2) is 0 Å². The molecule has 120 valence electrons. The summed E-state index contributed by atoms with van der Waals surface area (Å²) in [4.78, 5) is 33.0. The first-order valence-corrected chi connectivity index (χ1v) is 7.69. The molecule has 1 rings (SSSR count). The fourth-order valence-corrected chi connectivity index (χ4v) is 2.35. The molecule has 0 aliphatic heterocycles. The lowest BCUT2D eigenvalue weighted by molar-refractivity contribution is -0.140. The van der Waals surface area contributed by atoms with Crippen molar-refractivity contribution in [3.05, 3.63) is 33.4 Å². The van der Waals surface area contributed by atoms with Gasteiger partial charge in [0, 0.05) is 16.5 Å².